The summed E-state index contributed by atoms with van der Waals surface area (Å²) in [5, 5.41) is 6.79. The number of pyridine rings is 1. The lowest BCUT2D eigenvalue weighted by Gasteiger charge is -2.27. The average Bonchev–Trinajstić information content (AvgIpc) is 3.48. The molecule has 1 saturated heterocycles. The van der Waals surface area contributed by atoms with E-state index in [9.17, 15) is 4.79 Å². The number of thiocarbonyl (C=S) groups is 1. The van der Waals surface area contributed by atoms with E-state index < -0.39 is 0 Å². The van der Waals surface area contributed by atoms with Crippen molar-refractivity contribution in [3.63, 3.8) is 0 Å². The number of methoxy groups -OCH3 is 1. The highest BCUT2D eigenvalue weighted by atomic mass is 79.9. The van der Waals surface area contributed by atoms with Crippen LogP contribution in [0.4, 0.5) is 11.4 Å². The van der Waals surface area contributed by atoms with E-state index in [0.717, 1.165) is 38.5 Å². The monoisotopic (exact) mass is 576 g/mol. The maximum absolute atomic E-state index is 11.8. The highest BCUT2D eigenvalue weighted by Crippen LogP contribution is 2.44. The Morgan fingerprint density at radius 3 is 2.70 bits per heavy atom. The van der Waals surface area contributed by atoms with Crippen molar-refractivity contribution < 1.29 is 13.9 Å². The van der Waals surface area contributed by atoms with Crippen LogP contribution >= 0.6 is 28.1 Å². The van der Waals surface area contributed by atoms with Crippen LogP contribution in [0.15, 0.2) is 81.8 Å². The van der Waals surface area contributed by atoms with Gasteiger partial charge in [0, 0.05) is 28.8 Å². The van der Waals surface area contributed by atoms with Gasteiger partial charge in [-0.3, -0.25) is 9.78 Å². The van der Waals surface area contributed by atoms with Crippen LogP contribution in [0, 0.1) is 6.92 Å². The van der Waals surface area contributed by atoms with Crippen LogP contribution in [0.1, 0.15) is 36.0 Å². The zero-order chi connectivity index (χ0) is 26.1. The highest BCUT2D eigenvalue weighted by Gasteiger charge is 2.42. The molecular formula is C28H25BrN4O3S. The summed E-state index contributed by atoms with van der Waals surface area (Å²) in [6.45, 7) is 3.51. The first kappa shape index (κ1) is 25.0. The minimum atomic E-state index is -0.334. The third-order valence-corrected chi connectivity index (χ3v) is 7.15. The second-order valence-corrected chi connectivity index (χ2v) is 9.99. The standard InChI is InChI=1S/C28H25BrN4O3S/c1-16-7-9-19(20(29)14-16)23-11-12-25(36-23)27-26(21-6-4-5-13-30-21)32-28(37)33(27)18-8-10-24(35-3)22(15-18)31-17(2)34/h4-15,26-27H,1-3H3,(H,31,34)(H,32,37)/t26-,27-/m0/s1. The van der Waals surface area contributed by atoms with Crippen molar-refractivity contribution in [2.45, 2.75) is 25.9 Å². The third-order valence-electron chi connectivity index (χ3n) is 6.18. The summed E-state index contributed by atoms with van der Waals surface area (Å²) in [6, 6.07) is 20.9. The molecule has 1 fully saturated rings. The number of furan rings is 1. The molecule has 2 atom stereocenters. The van der Waals surface area contributed by atoms with Gasteiger partial charge in [0.1, 0.15) is 23.3 Å². The molecule has 2 aromatic heterocycles. The van der Waals surface area contributed by atoms with E-state index in [1.165, 1.54) is 6.92 Å². The number of rotatable bonds is 6. The van der Waals surface area contributed by atoms with Gasteiger partial charge in [0.2, 0.25) is 5.91 Å². The minimum Gasteiger partial charge on any atom is -0.495 e. The van der Waals surface area contributed by atoms with Crippen molar-refractivity contribution in [1.82, 2.24) is 10.3 Å². The molecule has 2 N–H and O–H groups in total. The number of benzene rings is 2. The average molecular weight is 578 g/mol. The molecule has 1 aliphatic heterocycles. The lowest BCUT2D eigenvalue weighted by molar-refractivity contribution is -0.114. The summed E-state index contributed by atoms with van der Waals surface area (Å²) < 4.78 is 12.9. The summed E-state index contributed by atoms with van der Waals surface area (Å²) in [7, 11) is 1.57. The van der Waals surface area contributed by atoms with Crippen molar-refractivity contribution in [3.8, 4) is 17.1 Å². The molecule has 3 heterocycles. The number of hydrogen-bond acceptors (Lipinski definition) is 5. The maximum atomic E-state index is 11.8. The van der Waals surface area contributed by atoms with Crippen LogP contribution in [0.25, 0.3) is 11.3 Å². The molecule has 0 radical (unpaired) electrons. The lowest BCUT2D eigenvalue weighted by Crippen LogP contribution is -2.29. The number of hydrogen-bond donors (Lipinski definition) is 2. The Hall–Kier alpha value is -3.69. The Kier molecular flexibility index (Phi) is 6.99. The van der Waals surface area contributed by atoms with E-state index >= 15 is 0 Å². The van der Waals surface area contributed by atoms with Crippen molar-refractivity contribution in [3.05, 3.63) is 94.4 Å². The maximum Gasteiger partial charge on any atom is 0.221 e. The first-order chi connectivity index (χ1) is 17.9. The number of aromatic nitrogens is 1. The van der Waals surface area contributed by atoms with Crippen molar-refractivity contribution in [2.75, 3.05) is 17.3 Å². The molecule has 0 unspecified atom stereocenters. The molecule has 0 bridgehead atoms. The Bertz CT molecular complexity index is 1470. The molecule has 1 aliphatic rings. The first-order valence-corrected chi connectivity index (χ1v) is 12.9. The van der Waals surface area contributed by atoms with Gasteiger partial charge in [0.05, 0.1) is 24.5 Å². The number of ether oxygens (including phenoxy) is 1. The fraction of sp³-hybridized carbons (Fsp3) is 0.179. The highest BCUT2D eigenvalue weighted by molar-refractivity contribution is 9.10. The topological polar surface area (TPSA) is 79.6 Å². The van der Waals surface area contributed by atoms with Gasteiger partial charge in [-0.1, -0.05) is 28.1 Å². The first-order valence-electron chi connectivity index (χ1n) is 11.7. The molecule has 5 rings (SSSR count). The number of halogens is 1. The molecule has 9 heteroatoms. The van der Waals surface area contributed by atoms with E-state index in [0.29, 0.717) is 16.5 Å². The molecule has 4 aromatic rings. The fourth-order valence-corrected chi connectivity index (χ4v) is 5.57. The van der Waals surface area contributed by atoms with Crippen LogP contribution in [0.3, 0.4) is 0 Å². The van der Waals surface area contributed by atoms with Gasteiger partial charge in [-0.05, 0) is 79.3 Å². The number of nitrogens with one attached hydrogen (secondary N) is 2. The van der Waals surface area contributed by atoms with Crippen LogP contribution in [0.5, 0.6) is 5.75 Å². The van der Waals surface area contributed by atoms with E-state index in [1.807, 2.05) is 66.4 Å². The summed E-state index contributed by atoms with van der Waals surface area (Å²) >= 11 is 9.49. The normalized spacial score (nSPS) is 17.0. The summed E-state index contributed by atoms with van der Waals surface area (Å²) in [6.07, 6.45) is 1.76. The minimum absolute atomic E-state index is 0.195. The zero-order valence-electron chi connectivity index (χ0n) is 20.5. The van der Waals surface area contributed by atoms with Gasteiger partial charge in [-0.15, -0.1) is 0 Å². The van der Waals surface area contributed by atoms with Gasteiger partial charge < -0.3 is 24.7 Å². The lowest BCUT2D eigenvalue weighted by atomic mass is 10.0. The van der Waals surface area contributed by atoms with Crippen molar-refractivity contribution in [1.29, 1.82) is 0 Å². The number of amides is 1. The number of carbonyl (C=O) groups excluding carboxylic acids is 1. The zero-order valence-corrected chi connectivity index (χ0v) is 22.9. The van der Waals surface area contributed by atoms with E-state index in [1.54, 1.807) is 13.3 Å². The van der Waals surface area contributed by atoms with Crippen LogP contribution in [-0.2, 0) is 4.79 Å². The SMILES string of the molecule is COc1ccc(N2C(=S)N[C@@H](c3ccccn3)[C@@H]2c2ccc(-c3ccc(C)cc3Br)o2)cc1NC(C)=O. The molecule has 2 aromatic carbocycles. The largest absolute Gasteiger partial charge is 0.495 e. The number of anilines is 2. The molecule has 7 nitrogen and oxygen atoms in total. The Labute approximate surface area is 229 Å². The third kappa shape index (κ3) is 4.97. The summed E-state index contributed by atoms with van der Waals surface area (Å²) in [5.74, 6) is 1.83. The second kappa shape index (κ2) is 10.4. The van der Waals surface area contributed by atoms with Gasteiger partial charge in [0.25, 0.3) is 0 Å². The predicted octanol–water partition coefficient (Wildman–Crippen LogP) is 6.56. The number of nitrogens with zero attached hydrogens (tertiary/aromatic N) is 2. The number of carbonyl (C=O) groups is 1. The van der Waals surface area contributed by atoms with Crippen LogP contribution in [-0.4, -0.2) is 23.1 Å². The van der Waals surface area contributed by atoms with E-state index in [2.05, 4.69) is 43.7 Å². The van der Waals surface area contributed by atoms with E-state index in [4.69, 9.17) is 21.4 Å². The number of aryl methyl sites for hydroxylation is 1. The molecule has 1 amide bonds. The fourth-order valence-electron chi connectivity index (χ4n) is 4.53. The molecule has 0 aliphatic carbocycles. The molecule has 0 spiro atoms. The smallest absolute Gasteiger partial charge is 0.221 e. The summed E-state index contributed by atoms with van der Waals surface area (Å²) in [5.41, 5.74) is 4.29. The molecule has 37 heavy (non-hydrogen) atoms. The van der Waals surface area contributed by atoms with Gasteiger partial charge in [-0.25, -0.2) is 0 Å². The van der Waals surface area contributed by atoms with Crippen LogP contribution in [0.2, 0.25) is 0 Å². The Balaban J connectivity index is 1.61. The van der Waals surface area contributed by atoms with Gasteiger partial charge >= 0.3 is 0 Å². The van der Waals surface area contributed by atoms with Crippen LogP contribution < -0.4 is 20.3 Å². The second-order valence-electron chi connectivity index (χ2n) is 8.75. The van der Waals surface area contributed by atoms with E-state index in [-0.39, 0.29) is 18.0 Å². The quantitative estimate of drug-likeness (QED) is 0.252. The molecule has 0 saturated carbocycles. The molecule has 188 valence electrons. The Morgan fingerprint density at radius 1 is 1.16 bits per heavy atom. The van der Waals surface area contributed by atoms with Gasteiger partial charge in [-0.2, -0.15) is 0 Å². The predicted molar refractivity (Wildman–Crippen MR) is 152 cm³/mol. The summed E-state index contributed by atoms with van der Waals surface area (Å²) in [4.78, 5) is 18.4. The molecular weight excluding hydrogens is 552 g/mol. The van der Waals surface area contributed by atoms with Crippen molar-refractivity contribution >= 4 is 50.5 Å². The Morgan fingerprint density at radius 2 is 2.00 bits per heavy atom. The van der Waals surface area contributed by atoms with Crippen molar-refractivity contribution in [2.24, 2.45) is 0 Å². The van der Waals surface area contributed by atoms with Gasteiger partial charge in [0.15, 0.2) is 5.11 Å².